The number of benzene rings is 1. The van der Waals surface area contributed by atoms with Crippen LogP contribution in [0.3, 0.4) is 0 Å². The molecule has 1 N–H and O–H groups in total. The van der Waals surface area contributed by atoms with Crippen molar-refractivity contribution in [3.05, 3.63) is 41.2 Å². The van der Waals surface area contributed by atoms with Gasteiger partial charge in [-0.3, -0.25) is 14.4 Å². The first-order valence-corrected chi connectivity index (χ1v) is 10.7. The van der Waals surface area contributed by atoms with Crippen molar-refractivity contribution in [2.75, 3.05) is 6.61 Å². The molecule has 5 nitrogen and oxygen atoms in total. The molecule has 0 amide bonds. The number of rotatable bonds is 5. The SMILES string of the molecule is CCOc1ccccc1[C@@H](C1=C(O)CC(C)(C)CC1=O)C1C(=O)CC(C)(C)CC1=O. The van der Waals surface area contributed by atoms with Crippen LogP contribution in [-0.4, -0.2) is 29.1 Å². The van der Waals surface area contributed by atoms with Gasteiger partial charge >= 0.3 is 0 Å². The van der Waals surface area contributed by atoms with Gasteiger partial charge in [-0.2, -0.15) is 0 Å². The summed E-state index contributed by atoms with van der Waals surface area (Å²) in [4.78, 5) is 39.6. The van der Waals surface area contributed by atoms with Crippen molar-refractivity contribution in [3.8, 4) is 5.75 Å². The summed E-state index contributed by atoms with van der Waals surface area (Å²) in [5, 5.41) is 10.9. The summed E-state index contributed by atoms with van der Waals surface area (Å²) in [5.41, 5.74) is 0.0502. The van der Waals surface area contributed by atoms with Crippen LogP contribution in [0.15, 0.2) is 35.6 Å². The molecule has 2 aliphatic rings. The molecule has 0 unspecified atom stereocenters. The Morgan fingerprint density at radius 2 is 1.53 bits per heavy atom. The van der Waals surface area contributed by atoms with Crippen LogP contribution < -0.4 is 4.74 Å². The molecule has 2 aliphatic carbocycles. The molecular weight excluding hydrogens is 380 g/mol. The largest absolute Gasteiger partial charge is 0.512 e. The van der Waals surface area contributed by atoms with E-state index >= 15 is 0 Å². The monoisotopic (exact) mass is 412 g/mol. The van der Waals surface area contributed by atoms with E-state index < -0.39 is 17.3 Å². The van der Waals surface area contributed by atoms with Crippen molar-refractivity contribution in [1.29, 1.82) is 0 Å². The third-order valence-corrected chi connectivity index (χ3v) is 6.09. The minimum absolute atomic E-state index is 0.0158. The van der Waals surface area contributed by atoms with Crippen LogP contribution in [0.2, 0.25) is 0 Å². The number of ether oxygens (including phenoxy) is 1. The van der Waals surface area contributed by atoms with Gasteiger partial charge in [0, 0.05) is 42.7 Å². The van der Waals surface area contributed by atoms with E-state index in [1.54, 1.807) is 18.2 Å². The first kappa shape index (κ1) is 22.3. The van der Waals surface area contributed by atoms with Crippen molar-refractivity contribution in [1.82, 2.24) is 0 Å². The Bertz CT molecular complexity index is 886. The van der Waals surface area contributed by atoms with Crippen molar-refractivity contribution in [2.24, 2.45) is 16.7 Å². The second-order valence-corrected chi connectivity index (χ2v) is 10.2. The van der Waals surface area contributed by atoms with Gasteiger partial charge in [-0.05, 0) is 23.8 Å². The fraction of sp³-hybridized carbons (Fsp3) is 0.560. The summed E-state index contributed by atoms with van der Waals surface area (Å²) in [7, 11) is 0. The lowest BCUT2D eigenvalue weighted by atomic mass is 9.62. The van der Waals surface area contributed by atoms with Gasteiger partial charge in [-0.15, -0.1) is 0 Å². The lowest BCUT2D eigenvalue weighted by Gasteiger charge is -2.39. The maximum Gasteiger partial charge on any atom is 0.163 e. The van der Waals surface area contributed by atoms with Gasteiger partial charge in [0.25, 0.3) is 0 Å². The number of aliphatic hydroxyl groups is 1. The van der Waals surface area contributed by atoms with Crippen LogP contribution >= 0.6 is 0 Å². The van der Waals surface area contributed by atoms with Gasteiger partial charge in [0.05, 0.1) is 12.5 Å². The number of carbonyl (C=O) groups excluding carboxylic acids is 3. The Kier molecular flexibility index (Phi) is 5.94. The predicted molar refractivity (Wildman–Crippen MR) is 115 cm³/mol. The Balaban J connectivity index is 2.20. The highest BCUT2D eigenvalue weighted by atomic mass is 16.5. The molecule has 1 fully saturated rings. The quantitative estimate of drug-likeness (QED) is 0.693. The fourth-order valence-electron chi connectivity index (χ4n) is 4.96. The van der Waals surface area contributed by atoms with E-state index in [9.17, 15) is 19.5 Å². The van der Waals surface area contributed by atoms with Crippen LogP contribution in [0.25, 0.3) is 0 Å². The molecule has 3 rings (SSSR count). The summed E-state index contributed by atoms with van der Waals surface area (Å²) >= 11 is 0. The molecule has 0 aromatic heterocycles. The number of carbonyl (C=O) groups is 3. The second kappa shape index (κ2) is 8.01. The van der Waals surface area contributed by atoms with E-state index in [0.717, 1.165) is 0 Å². The smallest absolute Gasteiger partial charge is 0.163 e. The minimum Gasteiger partial charge on any atom is -0.512 e. The van der Waals surface area contributed by atoms with E-state index in [4.69, 9.17) is 4.74 Å². The molecule has 0 bridgehead atoms. The highest BCUT2D eigenvalue weighted by Crippen LogP contribution is 2.49. The highest BCUT2D eigenvalue weighted by Gasteiger charge is 2.49. The third kappa shape index (κ3) is 4.35. The van der Waals surface area contributed by atoms with Gasteiger partial charge in [-0.1, -0.05) is 45.9 Å². The van der Waals surface area contributed by atoms with Crippen LogP contribution in [-0.2, 0) is 14.4 Å². The number of allylic oxidation sites excluding steroid dienone is 2. The molecule has 1 aromatic carbocycles. The molecule has 30 heavy (non-hydrogen) atoms. The zero-order chi connectivity index (χ0) is 22.3. The van der Waals surface area contributed by atoms with E-state index in [2.05, 4.69) is 0 Å². The molecule has 1 atom stereocenters. The number of para-hydroxylation sites is 1. The van der Waals surface area contributed by atoms with Crippen LogP contribution in [0.5, 0.6) is 5.75 Å². The number of hydrogen-bond acceptors (Lipinski definition) is 5. The molecule has 0 spiro atoms. The average molecular weight is 413 g/mol. The summed E-state index contributed by atoms with van der Waals surface area (Å²) in [6.07, 6.45) is 1.14. The summed E-state index contributed by atoms with van der Waals surface area (Å²) in [6.45, 7) is 9.95. The Morgan fingerprint density at radius 1 is 0.967 bits per heavy atom. The molecular formula is C25H32O5. The number of ketones is 3. The topological polar surface area (TPSA) is 80.7 Å². The third-order valence-electron chi connectivity index (χ3n) is 6.09. The van der Waals surface area contributed by atoms with Gasteiger partial charge < -0.3 is 9.84 Å². The van der Waals surface area contributed by atoms with Crippen LogP contribution in [0.1, 0.15) is 71.8 Å². The molecule has 0 radical (unpaired) electrons. The number of Topliss-reactive ketones (excluding diaryl/α,β-unsaturated/α-hetero) is 3. The van der Waals surface area contributed by atoms with Gasteiger partial charge in [0.2, 0.25) is 0 Å². The van der Waals surface area contributed by atoms with Crippen LogP contribution in [0, 0.1) is 16.7 Å². The van der Waals surface area contributed by atoms with Gasteiger partial charge in [0.1, 0.15) is 23.1 Å². The zero-order valence-electron chi connectivity index (χ0n) is 18.6. The second-order valence-electron chi connectivity index (χ2n) is 10.2. The van der Waals surface area contributed by atoms with Crippen molar-refractivity contribution < 1.29 is 24.2 Å². The molecule has 0 aliphatic heterocycles. The lowest BCUT2D eigenvalue weighted by Crippen LogP contribution is -2.43. The van der Waals surface area contributed by atoms with Gasteiger partial charge in [0.15, 0.2) is 5.78 Å². The zero-order valence-corrected chi connectivity index (χ0v) is 18.6. The Morgan fingerprint density at radius 3 is 2.10 bits per heavy atom. The first-order valence-electron chi connectivity index (χ1n) is 10.7. The van der Waals surface area contributed by atoms with Crippen molar-refractivity contribution in [2.45, 2.75) is 66.2 Å². The average Bonchev–Trinajstić information content (AvgIpc) is 2.58. The molecule has 5 heteroatoms. The lowest BCUT2D eigenvalue weighted by molar-refractivity contribution is -0.140. The van der Waals surface area contributed by atoms with Crippen molar-refractivity contribution >= 4 is 17.3 Å². The number of aliphatic hydroxyl groups excluding tert-OH is 1. The minimum atomic E-state index is -0.984. The summed E-state index contributed by atoms with van der Waals surface area (Å²) in [6, 6.07) is 7.20. The Labute approximate surface area is 178 Å². The molecule has 0 saturated heterocycles. The maximum absolute atomic E-state index is 13.2. The van der Waals surface area contributed by atoms with E-state index in [0.29, 0.717) is 24.3 Å². The first-order chi connectivity index (χ1) is 14.0. The van der Waals surface area contributed by atoms with E-state index in [1.165, 1.54) is 0 Å². The van der Waals surface area contributed by atoms with E-state index in [-0.39, 0.29) is 53.4 Å². The standard InChI is InChI=1S/C25H32O5/c1-6-30-20-10-8-7-9-15(20)21(22-16(26)11-24(2,3)12-17(22)27)23-18(28)13-25(4,5)14-19(23)29/h7-10,21-22,28H,6,11-14H2,1-5H3/t21-/m1/s1. The van der Waals surface area contributed by atoms with Crippen molar-refractivity contribution in [3.63, 3.8) is 0 Å². The highest BCUT2D eigenvalue weighted by molar-refractivity contribution is 6.09. The summed E-state index contributed by atoms with van der Waals surface area (Å²) < 4.78 is 5.78. The molecule has 1 saturated carbocycles. The van der Waals surface area contributed by atoms with Gasteiger partial charge in [-0.25, -0.2) is 0 Å². The maximum atomic E-state index is 13.2. The normalized spacial score (nSPS) is 22.9. The molecule has 1 aromatic rings. The Hall–Kier alpha value is -2.43. The summed E-state index contributed by atoms with van der Waals surface area (Å²) in [5.74, 6) is -1.85. The molecule has 162 valence electrons. The predicted octanol–water partition coefficient (Wildman–Crippen LogP) is 4.94. The van der Waals surface area contributed by atoms with Crippen LogP contribution in [0.4, 0.5) is 0 Å². The fourth-order valence-corrected chi connectivity index (χ4v) is 4.96. The molecule has 0 heterocycles. The number of hydrogen-bond donors (Lipinski definition) is 1. The van der Waals surface area contributed by atoms with E-state index in [1.807, 2.05) is 40.7 Å².